The number of aliphatic hydroxyl groups is 1. The first kappa shape index (κ1) is 15.8. The van der Waals surface area contributed by atoms with E-state index in [0.717, 1.165) is 12.1 Å². The summed E-state index contributed by atoms with van der Waals surface area (Å²) in [4.78, 5) is 25.9. The number of hydrogen-bond donors (Lipinski definition) is 3. The van der Waals surface area contributed by atoms with Gasteiger partial charge in [0.1, 0.15) is 23.3 Å². The van der Waals surface area contributed by atoms with Crippen molar-refractivity contribution in [2.75, 3.05) is 6.54 Å². The highest BCUT2D eigenvalue weighted by molar-refractivity contribution is 5.93. The zero-order valence-electron chi connectivity index (χ0n) is 11.7. The molecule has 3 N–H and O–H groups in total. The summed E-state index contributed by atoms with van der Waals surface area (Å²) < 4.78 is 27.0. The van der Waals surface area contributed by atoms with Gasteiger partial charge in [-0.3, -0.25) is 9.59 Å². The summed E-state index contributed by atoms with van der Waals surface area (Å²) in [6, 6.07) is 6.07. The number of nitrogens with one attached hydrogen (secondary N) is 2. The fraction of sp³-hybridized carbons (Fsp3) is 0.200. The van der Waals surface area contributed by atoms with E-state index in [1.165, 1.54) is 12.1 Å². The molecule has 2 rings (SSSR count). The van der Waals surface area contributed by atoms with Crippen LogP contribution in [0.15, 0.2) is 35.1 Å². The number of H-pyrrole nitrogens is 1. The number of benzene rings is 1. The van der Waals surface area contributed by atoms with E-state index in [-0.39, 0.29) is 5.56 Å². The summed E-state index contributed by atoms with van der Waals surface area (Å²) in [5, 5.41) is 12.1. The molecule has 5 nitrogen and oxygen atoms in total. The number of carbonyl (C=O) groups excluding carboxylic acids is 1. The average Bonchev–Trinajstić information content (AvgIpc) is 2.44. The first-order chi connectivity index (χ1) is 10.4. The summed E-state index contributed by atoms with van der Waals surface area (Å²) in [5.41, 5.74) is -0.661. The van der Waals surface area contributed by atoms with Crippen LogP contribution in [0.25, 0.3) is 0 Å². The van der Waals surface area contributed by atoms with Crippen LogP contribution in [0.5, 0.6) is 0 Å². The van der Waals surface area contributed by atoms with Gasteiger partial charge in [0, 0.05) is 12.2 Å². The second kappa shape index (κ2) is 6.48. The van der Waals surface area contributed by atoms with Gasteiger partial charge >= 0.3 is 0 Å². The highest BCUT2D eigenvalue weighted by Crippen LogP contribution is 2.19. The van der Waals surface area contributed by atoms with Crippen molar-refractivity contribution in [2.24, 2.45) is 0 Å². The van der Waals surface area contributed by atoms with Crippen molar-refractivity contribution >= 4 is 5.91 Å². The highest BCUT2D eigenvalue weighted by atomic mass is 19.1. The standard InChI is InChI=1S/C15H14F2N2O3/c1-8-5-6-9(15(22)19-8)14(21)18-7-12(20)13-10(16)3-2-4-11(13)17/h2-6,12,20H,7H2,1H3,(H,18,21)(H,19,22). The first-order valence-corrected chi connectivity index (χ1v) is 6.50. The molecule has 0 saturated heterocycles. The lowest BCUT2D eigenvalue weighted by atomic mass is 10.1. The van der Waals surface area contributed by atoms with Crippen LogP contribution in [-0.4, -0.2) is 22.5 Å². The monoisotopic (exact) mass is 308 g/mol. The molecule has 1 aromatic heterocycles. The molecule has 0 bridgehead atoms. The van der Waals surface area contributed by atoms with Crippen LogP contribution in [0.4, 0.5) is 8.78 Å². The number of pyridine rings is 1. The van der Waals surface area contributed by atoms with Crippen LogP contribution in [-0.2, 0) is 0 Å². The minimum atomic E-state index is -1.56. The van der Waals surface area contributed by atoms with Gasteiger partial charge in [-0.05, 0) is 31.2 Å². The lowest BCUT2D eigenvalue weighted by molar-refractivity contribution is 0.0910. The Bertz CT molecular complexity index is 738. The van der Waals surface area contributed by atoms with Gasteiger partial charge in [-0.1, -0.05) is 6.07 Å². The van der Waals surface area contributed by atoms with Crippen molar-refractivity contribution in [3.8, 4) is 0 Å². The zero-order chi connectivity index (χ0) is 16.3. The number of halogens is 2. The highest BCUT2D eigenvalue weighted by Gasteiger charge is 2.19. The molecular weight excluding hydrogens is 294 g/mol. The number of amides is 1. The maximum atomic E-state index is 13.5. The van der Waals surface area contributed by atoms with E-state index in [1.807, 2.05) is 0 Å². The molecule has 1 aromatic carbocycles. The van der Waals surface area contributed by atoms with E-state index in [0.29, 0.717) is 5.69 Å². The van der Waals surface area contributed by atoms with Crippen molar-refractivity contribution in [2.45, 2.75) is 13.0 Å². The van der Waals surface area contributed by atoms with Crippen LogP contribution in [0, 0.1) is 18.6 Å². The molecule has 1 atom stereocenters. The number of aryl methyl sites for hydroxylation is 1. The number of hydrogen-bond acceptors (Lipinski definition) is 3. The number of aromatic nitrogens is 1. The number of carbonyl (C=O) groups is 1. The molecule has 1 heterocycles. The zero-order valence-corrected chi connectivity index (χ0v) is 11.7. The molecule has 7 heteroatoms. The second-order valence-electron chi connectivity index (χ2n) is 4.75. The second-order valence-corrected chi connectivity index (χ2v) is 4.75. The Balaban J connectivity index is 2.09. The Morgan fingerprint density at radius 2 is 1.91 bits per heavy atom. The molecule has 0 saturated carbocycles. The van der Waals surface area contributed by atoms with Crippen molar-refractivity contribution < 1.29 is 18.7 Å². The van der Waals surface area contributed by atoms with Crippen molar-refractivity contribution in [3.05, 3.63) is 69.1 Å². The van der Waals surface area contributed by atoms with Gasteiger partial charge < -0.3 is 15.4 Å². The summed E-state index contributed by atoms with van der Waals surface area (Å²) >= 11 is 0. The van der Waals surface area contributed by atoms with Crippen LogP contribution in [0.2, 0.25) is 0 Å². The molecule has 0 spiro atoms. The maximum Gasteiger partial charge on any atom is 0.260 e. The smallest absolute Gasteiger partial charge is 0.260 e. The lowest BCUT2D eigenvalue weighted by Gasteiger charge is -2.13. The van der Waals surface area contributed by atoms with Gasteiger partial charge in [0.15, 0.2) is 0 Å². The first-order valence-electron chi connectivity index (χ1n) is 6.50. The molecule has 0 aliphatic heterocycles. The lowest BCUT2D eigenvalue weighted by Crippen LogP contribution is -2.33. The van der Waals surface area contributed by atoms with Crippen LogP contribution in [0.1, 0.15) is 27.7 Å². The predicted octanol–water partition coefficient (Wildman–Crippen LogP) is 1.42. The van der Waals surface area contributed by atoms with Gasteiger partial charge in [0.25, 0.3) is 11.5 Å². The van der Waals surface area contributed by atoms with E-state index < -0.39 is 41.3 Å². The average molecular weight is 308 g/mol. The van der Waals surface area contributed by atoms with Crippen LogP contribution >= 0.6 is 0 Å². The van der Waals surface area contributed by atoms with Gasteiger partial charge in [0.05, 0.1) is 5.56 Å². The summed E-state index contributed by atoms with van der Waals surface area (Å²) in [6.45, 7) is 1.23. The summed E-state index contributed by atoms with van der Waals surface area (Å²) in [5.74, 6) is -2.55. The van der Waals surface area contributed by atoms with E-state index in [1.54, 1.807) is 13.0 Å². The Hall–Kier alpha value is -2.54. The third-order valence-electron chi connectivity index (χ3n) is 3.09. The number of rotatable bonds is 4. The van der Waals surface area contributed by atoms with Gasteiger partial charge in [-0.15, -0.1) is 0 Å². The molecule has 1 amide bonds. The third kappa shape index (κ3) is 3.37. The topological polar surface area (TPSA) is 82.2 Å². The number of aromatic amines is 1. The number of aliphatic hydroxyl groups excluding tert-OH is 1. The van der Waals surface area contributed by atoms with Crippen LogP contribution < -0.4 is 10.9 Å². The molecular formula is C15H14F2N2O3. The molecule has 0 aliphatic carbocycles. The molecule has 0 fully saturated rings. The Morgan fingerprint density at radius 3 is 2.50 bits per heavy atom. The molecule has 0 aliphatic rings. The molecule has 22 heavy (non-hydrogen) atoms. The van der Waals surface area contributed by atoms with Crippen molar-refractivity contribution in [1.29, 1.82) is 0 Å². The summed E-state index contributed by atoms with van der Waals surface area (Å²) in [6.07, 6.45) is -1.56. The van der Waals surface area contributed by atoms with E-state index in [4.69, 9.17) is 0 Å². The molecule has 116 valence electrons. The maximum absolute atomic E-state index is 13.5. The van der Waals surface area contributed by atoms with E-state index in [9.17, 15) is 23.5 Å². The van der Waals surface area contributed by atoms with Gasteiger partial charge in [-0.25, -0.2) is 8.78 Å². The van der Waals surface area contributed by atoms with E-state index in [2.05, 4.69) is 10.3 Å². The Morgan fingerprint density at radius 1 is 1.27 bits per heavy atom. The summed E-state index contributed by atoms with van der Waals surface area (Å²) in [7, 11) is 0. The van der Waals surface area contributed by atoms with Crippen molar-refractivity contribution in [1.82, 2.24) is 10.3 Å². The largest absolute Gasteiger partial charge is 0.386 e. The van der Waals surface area contributed by atoms with Crippen molar-refractivity contribution in [3.63, 3.8) is 0 Å². The fourth-order valence-corrected chi connectivity index (χ4v) is 1.97. The molecule has 1 unspecified atom stereocenters. The van der Waals surface area contributed by atoms with Gasteiger partial charge in [0.2, 0.25) is 0 Å². The molecule has 0 radical (unpaired) electrons. The SMILES string of the molecule is Cc1ccc(C(=O)NCC(O)c2c(F)cccc2F)c(=O)[nH]1. The van der Waals surface area contributed by atoms with E-state index >= 15 is 0 Å². The van der Waals surface area contributed by atoms with Gasteiger partial charge in [-0.2, -0.15) is 0 Å². The predicted molar refractivity (Wildman–Crippen MR) is 75.5 cm³/mol. The minimum absolute atomic E-state index is 0.146. The quantitative estimate of drug-likeness (QED) is 0.799. The Labute approximate surface area is 124 Å². The fourth-order valence-electron chi connectivity index (χ4n) is 1.97. The molecule has 2 aromatic rings. The normalized spacial score (nSPS) is 12.0. The minimum Gasteiger partial charge on any atom is -0.386 e. The van der Waals surface area contributed by atoms with Crippen LogP contribution in [0.3, 0.4) is 0 Å². The third-order valence-corrected chi connectivity index (χ3v) is 3.09. The Kier molecular flexibility index (Phi) is 4.67.